The maximum absolute atomic E-state index is 13.1. The van der Waals surface area contributed by atoms with E-state index in [-0.39, 0.29) is 5.91 Å². The second-order valence-corrected chi connectivity index (χ2v) is 8.09. The zero-order valence-electron chi connectivity index (χ0n) is 15.6. The predicted molar refractivity (Wildman–Crippen MR) is 96.4 cm³/mol. The summed E-state index contributed by atoms with van der Waals surface area (Å²) in [5.41, 5.74) is 3.49. The summed E-state index contributed by atoms with van der Waals surface area (Å²) in [6, 6.07) is 2.35. The number of carbonyl (C=O) groups excluding carboxylic acids is 2. The van der Waals surface area contributed by atoms with Gasteiger partial charge >= 0.3 is 0 Å². The fourth-order valence-electron chi connectivity index (χ4n) is 4.34. The van der Waals surface area contributed by atoms with E-state index < -0.39 is 17.0 Å². The summed E-state index contributed by atoms with van der Waals surface area (Å²) in [4.78, 5) is 26.7. The molecular formula is C19H32N4O2. The quantitative estimate of drug-likeness (QED) is 0.767. The van der Waals surface area contributed by atoms with Gasteiger partial charge in [0.15, 0.2) is 0 Å². The van der Waals surface area contributed by atoms with Crippen LogP contribution < -0.4 is 11.1 Å². The fourth-order valence-corrected chi connectivity index (χ4v) is 4.34. The molecule has 140 valence electrons. The Kier molecular flexibility index (Phi) is 6.45. The summed E-state index contributed by atoms with van der Waals surface area (Å²) >= 11 is 0. The Morgan fingerprint density at radius 3 is 2.36 bits per heavy atom. The number of primary amides is 1. The molecule has 1 heterocycles. The van der Waals surface area contributed by atoms with Gasteiger partial charge in [-0.05, 0) is 52.1 Å². The van der Waals surface area contributed by atoms with Crippen molar-refractivity contribution in [2.24, 2.45) is 11.7 Å². The molecule has 2 rings (SSSR count). The Morgan fingerprint density at radius 2 is 1.84 bits per heavy atom. The van der Waals surface area contributed by atoms with Crippen LogP contribution in [0.3, 0.4) is 0 Å². The molecule has 0 aromatic heterocycles. The summed E-state index contributed by atoms with van der Waals surface area (Å²) in [5.74, 6) is -0.0909. The number of nitriles is 1. The third-order valence-electron chi connectivity index (χ3n) is 5.97. The predicted octanol–water partition coefficient (Wildman–Crippen LogP) is 2.09. The maximum atomic E-state index is 13.1. The van der Waals surface area contributed by atoms with Crippen LogP contribution >= 0.6 is 0 Å². The standard InChI is InChI=1S/C19H32N4O2/c1-18(2,17(21)25)23(19(14-20)10-12-22-13-11-19)16(24)9-8-15-6-4-3-5-7-15/h15,22H,3-13H2,1-2H3,(H2,21,25). The summed E-state index contributed by atoms with van der Waals surface area (Å²) < 4.78 is 0. The average molecular weight is 348 g/mol. The van der Waals surface area contributed by atoms with Crippen molar-refractivity contribution in [2.75, 3.05) is 13.1 Å². The van der Waals surface area contributed by atoms with Gasteiger partial charge in [0.1, 0.15) is 11.1 Å². The molecule has 0 unspecified atom stereocenters. The molecule has 0 atom stereocenters. The van der Waals surface area contributed by atoms with E-state index in [4.69, 9.17) is 5.73 Å². The lowest BCUT2D eigenvalue weighted by molar-refractivity contribution is -0.152. The highest BCUT2D eigenvalue weighted by atomic mass is 16.2. The number of hydrogen-bond acceptors (Lipinski definition) is 4. The molecule has 0 bridgehead atoms. The highest BCUT2D eigenvalue weighted by Crippen LogP contribution is 2.35. The molecule has 1 saturated heterocycles. The first-order valence-corrected chi connectivity index (χ1v) is 9.58. The SMILES string of the molecule is CC(C)(C(N)=O)N(C(=O)CCC1CCCCC1)C1(C#N)CCNCC1. The Labute approximate surface area is 151 Å². The van der Waals surface area contributed by atoms with Gasteiger partial charge in [-0.2, -0.15) is 5.26 Å². The van der Waals surface area contributed by atoms with Crippen LogP contribution in [0.1, 0.15) is 71.6 Å². The Hall–Kier alpha value is -1.61. The van der Waals surface area contributed by atoms with Crippen LogP contribution in [0.25, 0.3) is 0 Å². The van der Waals surface area contributed by atoms with Crippen molar-refractivity contribution in [3.8, 4) is 6.07 Å². The number of nitrogens with two attached hydrogens (primary N) is 1. The molecule has 0 radical (unpaired) electrons. The van der Waals surface area contributed by atoms with Crippen molar-refractivity contribution in [1.82, 2.24) is 10.2 Å². The van der Waals surface area contributed by atoms with E-state index in [1.807, 2.05) is 0 Å². The molecule has 25 heavy (non-hydrogen) atoms. The number of amides is 2. The van der Waals surface area contributed by atoms with Crippen molar-refractivity contribution < 1.29 is 9.59 Å². The molecule has 2 aliphatic rings. The molecule has 1 aliphatic carbocycles. The van der Waals surface area contributed by atoms with Gasteiger partial charge in [-0.15, -0.1) is 0 Å². The summed E-state index contributed by atoms with van der Waals surface area (Å²) in [6.45, 7) is 4.65. The van der Waals surface area contributed by atoms with Crippen LogP contribution in [0.15, 0.2) is 0 Å². The van der Waals surface area contributed by atoms with Crippen LogP contribution in [0.5, 0.6) is 0 Å². The van der Waals surface area contributed by atoms with Crippen molar-refractivity contribution >= 4 is 11.8 Å². The minimum Gasteiger partial charge on any atom is -0.368 e. The number of rotatable bonds is 6. The maximum Gasteiger partial charge on any atom is 0.242 e. The summed E-state index contributed by atoms with van der Waals surface area (Å²) in [6.07, 6.45) is 8.40. The molecular weight excluding hydrogens is 316 g/mol. The zero-order valence-corrected chi connectivity index (χ0v) is 15.6. The largest absolute Gasteiger partial charge is 0.368 e. The third kappa shape index (κ3) is 4.33. The molecule has 6 heteroatoms. The topological polar surface area (TPSA) is 99.2 Å². The molecule has 3 N–H and O–H groups in total. The molecule has 2 fully saturated rings. The van der Waals surface area contributed by atoms with E-state index in [2.05, 4.69) is 11.4 Å². The lowest BCUT2D eigenvalue weighted by Crippen LogP contribution is -2.67. The molecule has 1 aliphatic heterocycles. The summed E-state index contributed by atoms with van der Waals surface area (Å²) in [7, 11) is 0. The highest BCUT2D eigenvalue weighted by Gasteiger charge is 2.50. The van der Waals surface area contributed by atoms with Gasteiger partial charge < -0.3 is 16.0 Å². The Bertz CT molecular complexity index is 526. The van der Waals surface area contributed by atoms with Gasteiger partial charge in [0.2, 0.25) is 11.8 Å². The second-order valence-electron chi connectivity index (χ2n) is 8.09. The van der Waals surface area contributed by atoms with Crippen molar-refractivity contribution in [2.45, 2.75) is 82.7 Å². The minimum atomic E-state index is -1.17. The first-order chi connectivity index (χ1) is 11.8. The van der Waals surface area contributed by atoms with Crippen LogP contribution in [-0.4, -0.2) is 40.9 Å². The smallest absolute Gasteiger partial charge is 0.242 e. The van der Waals surface area contributed by atoms with Crippen LogP contribution in [0.4, 0.5) is 0 Å². The van der Waals surface area contributed by atoms with Gasteiger partial charge in [-0.3, -0.25) is 9.59 Å². The van der Waals surface area contributed by atoms with E-state index >= 15 is 0 Å². The van der Waals surface area contributed by atoms with Gasteiger partial charge in [0.25, 0.3) is 0 Å². The zero-order chi connectivity index (χ0) is 18.5. The second kappa shape index (κ2) is 8.18. The number of piperidine rings is 1. The Morgan fingerprint density at radius 1 is 1.24 bits per heavy atom. The number of nitrogens with one attached hydrogen (secondary N) is 1. The third-order valence-corrected chi connectivity index (χ3v) is 5.97. The van der Waals surface area contributed by atoms with E-state index in [9.17, 15) is 14.9 Å². The monoisotopic (exact) mass is 348 g/mol. The van der Waals surface area contributed by atoms with E-state index in [0.29, 0.717) is 38.3 Å². The van der Waals surface area contributed by atoms with Crippen molar-refractivity contribution in [3.05, 3.63) is 0 Å². The minimum absolute atomic E-state index is 0.113. The molecule has 6 nitrogen and oxygen atoms in total. The fraction of sp³-hybridized carbons (Fsp3) is 0.842. The number of nitrogens with zero attached hydrogens (tertiary/aromatic N) is 2. The van der Waals surface area contributed by atoms with E-state index in [1.165, 1.54) is 37.0 Å². The summed E-state index contributed by atoms with van der Waals surface area (Å²) in [5, 5.41) is 13.1. The molecule has 0 aromatic rings. The van der Waals surface area contributed by atoms with Crippen molar-refractivity contribution in [1.29, 1.82) is 5.26 Å². The van der Waals surface area contributed by atoms with Gasteiger partial charge in [0, 0.05) is 6.42 Å². The lowest BCUT2D eigenvalue weighted by Gasteiger charge is -2.48. The van der Waals surface area contributed by atoms with E-state index in [0.717, 1.165) is 6.42 Å². The van der Waals surface area contributed by atoms with Gasteiger partial charge in [0.05, 0.1) is 6.07 Å². The van der Waals surface area contributed by atoms with Crippen LogP contribution in [0.2, 0.25) is 0 Å². The lowest BCUT2D eigenvalue weighted by atomic mass is 9.82. The normalized spacial score (nSPS) is 21.3. The van der Waals surface area contributed by atoms with Gasteiger partial charge in [-0.1, -0.05) is 32.1 Å². The average Bonchev–Trinajstić information content (AvgIpc) is 2.61. The highest BCUT2D eigenvalue weighted by molar-refractivity contribution is 5.90. The number of hydrogen-bond donors (Lipinski definition) is 2. The van der Waals surface area contributed by atoms with Crippen LogP contribution in [-0.2, 0) is 9.59 Å². The molecule has 0 aromatic carbocycles. The molecule has 2 amide bonds. The Balaban J connectivity index is 2.20. The van der Waals surface area contributed by atoms with Crippen molar-refractivity contribution in [3.63, 3.8) is 0 Å². The first-order valence-electron chi connectivity index (χ1n) is 9.58. The van der Waals surface area contributed by atoms with Gasteiger partial charge in [-0.25, -0.2) is 0 Å². The molecule has 0 spiro atoms. The number of carbonyl (C=O) groups is 2. The first kappa shape index (κ1) is 19.7. The van der Waals surface area contributed by atoms with Crippen LogP contribution in [0, 0.1) is 17.2 Å². The molecule has 1 saturated carbocycles. The van der Waals surface area contributed by atoms with E-state index in [1.54, 1.807) is 13.8 Å².